The van der Waals surface area contributed by atoms with Crippen LogP contribution in [-0.2, 0) is 35.3 Å². The van der Waals surface area contributed by atoms with Crippen molar-refractivity contribution in [2.45, 2.75) is 44.4 Å². The molecule has 4 aromatic rings. The zero-order valence-corrected chi connectivity index (χ0v) is 22.6. The van der Waals surface area contributed by atoms with Gasteiger partial charge in [-0.2, -0.15) is 10.2 Å². The molecule has 1 atom stereocenters. The van der Waals surface area contributed by atoms with Gasteiger partial charge in [0.2, 0.25) is 5.13 Å². The molecule has 0 saturated carbocycles. The number of halogens is 3. The van der Waals surface area contributed by atoms with E-state index in [2.05, 4.69) is 35.0 Å². The molecule has 13 heteroatoms. The van der Waals surface area contributed by atoms with Crippen LogP contribution in [0.3, 0.4) is 0 Å². The fraction of sp³-hybridized carbons (Fsp3) is 0.321. The minimum absolute atomic E-state index is 0.0149. The smallest absolute Gasteiger partial charge is 0.406 e. The Balaban J connectivity index is 1.11. The number of aromatic nitrogens is 5. The molecule has 0 radical (unpaired) electrons. The predicted molar refractivity (Wildman–Crippen MR) is 144 cm³/mol. The van der Waals surface area contributed by atoms with Gasteiger partial charge in [-0.25, -0.2) is 0 Å². The van der Waals surface area contributed by atoms with Gasteiger partial charge >= 0.3 is 6.36 Å². The quantitative estimate of drug-likeness (QED) is 0.255. The summed E-state index contributed by atoms with van der Waals surface area (Å²) in [6, 6.07) is 14.5. The van der Waals surface area contributed by atoms with Gasteiger partial charge in [-0.15, -0.1) is 23.4 Å². The molecule has 0 bridgehead atoms. The fourth-order valence-corrected chi connectivity index (χ4v) is 5.48. The van der Waals surface area contributed by atoms with Crippen LogP contribution in [0.2, 0.25) is 0 Å². The molecule has 212 valence electrons. The van der Waals surface area contributed by atoms with Crippen molar-refractivity contribution in [3.8, 4) is 5.75 Å². The molecular weight excluding hydrogens is 557 g/mol. The molecule has 0 aliphatic carbocycles. The number of nitrogens with zero attached hydrogens (tertiary/aromatic N) is 6. The van der Waals surface area contributed by atoms with Crippen molar-refractivity contribution in [3.05, 3.63) is 88.4 Å². The number of hydrogen-bond acceptors (Lipinski definition) is 10. The molecule has 1 unspecified atom stereocenters. The predicted octanol–water partition coefficient (Wildman–Crippen LogP) is 4.32. The molecule has 1 aliphatic rings. The second kappa shape index (κ2) is 12.5. The number of pyridine rings is 1. The Labute approximate surface area is 237 Å². The summed E-state index contributed by atoms with van der Waals surface area (Å²) in [7, 11) is 0. The number of ether oxygens (including phenoxy) is 1. The number of rotatable bonds is 11. The Morgan fingerprint density at radius 3 is 2.49 bits per heavy atom. The maximum atomic E-state index is 12.5. The Morgan fingerprint density at radius 1 is 0.902 bits per heavy atom. The van der Waals surface area contributed by atoms with Crippen molar-refractivity contribution in [2.24, 2.45) is 0 Å². The van der Waals surface area contributed by atoms with Crippen LogP contribution >= 0.6 is 11.3 Å². The summed E-state index contributed by atoms with van der Waals surface area (Å²) in [5, 5.41) is 18.4. The van der Waals surface area contributed by atoms with Crippen LogP contribution < -0.4 is 9.64 Å². The molecule has 0 amide bonds. The van der Waals surface area contributed by atoms with Gasteiger partial charge in [0.15, 0.2) is 0 Å². The number of alkyl halides is 3. The lowest BCUT2D eigenvalue weighted by Gasteiger charge is -2.13. The van der Waals surface area contributed by atoms with E-state index in [4.69, 9.17) is 0 Å². The zero-order valence-electron chi connectivity index (χ0n) is 21.8. The lowest BCUT2D eigenvalue weighted by Crippen LogP contribution is -2.19. The number of Topliss-reactive ketones (excluding diaryl/α,β-unsaturated/α-hetero) is 2. The molecule has 0 N–H and O–H groups in total. The van der Waals surface area contributed by atoms with Crippen molar-refractivity contribution >= 4 is 28.0 Å². The number of ketones is 2. The Kier molecular flexibility index (Phi) is 8.62. The molecule has 5 rings (SSSR count). The van der Waals surface area contributed by atoms with Gasteiger partial charge < -0.3 is 9.64 Å². The number of anilines is 1. The van der Waals surface area contributed by atoms with Crippen molar-refractivity contribution < 1.29 is 27.5 Å². The van der Waals surface area contributed by atoms with E-state index in [1.54, 1.807) is 18.3 Å². The van der Waals surface area contributed by atoms with Crippen LogP contribution in [0.4, 0.5) is 18.3 Å². The number of carbonyl (C=O) groups is 2. The highest BCUT2D eigenvalue weighted by Crippen LogP contribution is 2.31. The first-order valence-electron chi connectivity index (χ1n) is 12.9. The van der Waals surface area contributed by atoms with Crippen LogP contribution in [0.15, 0.2) is 60.8 Å². The average Bonchev–Trinajstić information content (AvgIpc) is 3.59. The van der Waals surface area contributed by atoms with Gasteiger partial charge in [0.25, 0.3) is 0 Å². The molecule has 1 fully saturated rings. The third kappa shape index (κ3) is 8.13. The number of benzene rings is 1. The molecule has 3 aromatic heterocycles. The van der Waals surface area contributed by atoms with Crippen LogP contribution in [0.1, 0.15) is 40.0 Å². The van der Waals surface area contributed by atoms with Gasteiger partial charge in [0, 0.05) is 43.7 Å². The molecular formula is C28H25F3N6O3S. The number of hydrogen-bond donors (Lipinski definition) is 0. The van der Waals surface area contributed by atoms with Gasteiger partial charge in [0.05, 0.1) is 24.2 Å². The highest BCUT2D eigenvalue weighted by molar-refractivity contribution is 7.15. The van der Waals surface area contributed by atoms with Crippen molar-refractivity contribution in [2.75, 3.05) is 18.0 Å². The third-order valence-electron chi connectivity index (χ3n) is 6.44. The lowest BCUT2D eigenvalue weighted by atomic mass is 10.0. The second-order valence-electron chi connectivity index (χ2n) is 9.66. The van der Waals surface area contributed by atoms with Crippen LogP contribution in [-0.4, -0.2) is 56.4 Å². The molecule has 1 aromatic carbocycles. The van der Waals surface area contributed by atoms with E-state index in [9.17, 15) is 22.8 Å². The highest BCUT2D eigenvalue weighted by atomic mass is 32.1. The first-order valence-corrected chi connectivity index (χ1v) is 13.7. The van der Waals surface area contributed by atoms with Crippen molar-refractivity contribution in [1.82, 2.24) is 25.4 Å². The van der Waals surface area contributed by atoms with E-state index in [0.29, 0.717) is 22.8 Å². The van der Waals surface area contributed by atoms with E-state index in [1.165, 1.54) is 29.5 Å². The third-order valence-corrected chi connectivity index (χ3v) is 7.42. The fourth-order valence-electron chi connectivity index (χ4n) is 4.58. The molecule has 1 saturated heterocycles. The van der Waals surface area contributed by atoms with Crippen molar-refractivity contribution in [3.63, 3.8) is 0 Å². The second-order valence-corrected chi connectivity index (χ2v) is 10.7. The Hall–Kier alpha value is -4.26. The summed E-state index contributed by atoms with van der Waals surface area (Å²) in [6.07, 6.45) is -1.85. The molecule has 9 nitrogen and oxygen atoms in total. The van der Waals surface area contributed by atoms with Crippen LogP contribution in [0, 0.1) is 0 Å². The minimum Gasteiger partial charge on any atom is -0.406 e. The molecule has 41 heavy (non-hydrogen) atoms. The normalized spacial score (nSPS) is 15.2. The molecule has 4 heterocycles. The monoisotopic (exact) mass is 582 g/mol. The Bertz CT molecular complexity index is 1500. The van der Waals surface area contributed by atoms with Crippen molar-refractivity contribution in [1.29, 1.82) is 0 Å². The van der Waals surface area contributed by atoms with E-state index in [1.807, 2.05) is 24.3 Å². The lowest BCUT2D eigenvalue weighted by molar-refractivity contribution is -0.274. The summed E-state index contributed by atoms with van der Waals surface area (Å²) in [6.45, 7) is 1.44. The summed E-state index contributed by atoms with van der Waals surface area (Å²) in [4.78, 5) is 31.2. The van der Waals surface area contributed by atoms with Gasteiger partial charge in [-0.05, 0) is 48.4 Å². The summed E-state index contributed by atoms with van der Waals surface area (Å²) in [5.74, 6) is -0.407. The van der Waals surface area contributed by atoms with E-state index in [0.717, 1.165) is 29.5 Å². The summed E-state index contributed by atoms with van der Waals surface area (Å²) < 4.78 is 41.3. The standard InChI is InChI=1S/C28H25F3N6O3S/c29-28(30,31)40-24-6-3-4-18(13-24)12-22(38)15-21-7-8-25(34-33-21)19-9-11-37(17-19)27-36-35-26(41-27)16-23(39)14-20-5-1-2-10-32-20/h1-8,10,13,19H,9,11-12,14-17H2. The Morgan fingerprint density at radius 2 is 1.73 bits per heavy atom. The average molecular weight is 583 g/mol. The van der Waals surface area contributed by atoms with E-state index >= 15 is 0 Å². The maximum absolute atomic E-state index is 12.5. The summed E-state index contributed by atoms with van der Waals surface area (Å²) >= 11 is 1.40. The van der Waals surface area contributed by atoms with Crippen LogP contribution in [0.5, 0.6) is 5.75 Å². The van der Waals surface area contributed by atoms with E-state index in [-0.39, 0.29) is 48.9 Å². The topological polar surface area (TPSA) is 111 Å². The largest absolute Gasteiger partial charge is 0.573 e. The minimum atomic E-state index is -4.79. The first-order chi connectivity index (χ1) is 19.7. The molecule has 1 aliphatic heterocycles. The zero-order chi connectivity index (χ0) is 28.8. The molecule has 0 spiro atoms. The SMILES string of the molecule is O=C(Cc1cccc(OC(F)(F)F)c1)Cc1ccc(C2CCN(c3nnc(CC(=O)Cc4ccccn4)s3)C2)nn1. The maximum Gasteiger partial charge on any atom is 0.573 e. The van der Waals surface area contributed by atoms with Gasteiger partial charge in [-0.1, -0.05) is 29.5 Å². The van der Waals surface area contributed by atoms with E-state index < -0.39 is 6.36 Å². The number of carbonyl (C=O) groups excluding carboxylic acids is 2. The van der Waals surface area contributed by atoms with Gasteiger partial charge in [-0.3, -0.25) is 14.6 Å². The highest BCUT2D eigenvalue weighted by Gasteiger charge is 2.31. The van der Waals surface area contributed by atoms with Crippen LogP contribution in [0.25, 0.3) is 0 Å². The summed E-state index contributed by atoms with van der Waals surface area (Å²) in [5.41, 5.74) is 2.44. The first kappa shape index (κ1) is 28.3. The van der Waals surface area contributed by atoms with Gasteiger partial charge in [0.1, 0.15) is 22.3 Å².